The fourth-order valence-corrected chi connectivity index (χ4v) is 2.38. The summed E-state index contributed by atoms with van der Waals surface area (Å²) in [5.41, 5.74) is 0. The van der Waals surface area contributed by atoms with Gasteiger partial charge in [-0.3, -0.25) is 4.79 Å². The Morgan fingerprint density at radius 1 is 1.33 bits per heavy atom. The maximum absolute atomic E-state index is 9.81. The van der Waals surface area contributed by atoms with Crippen molar-refractivity contribution in [3.63, 3.8) is 0 Å². The number of rotatable bonds is 5. The highest BCUT2D eigenvalue weighted by Gasteiger charge is 1.91. The van der Waals surface area contributed by atoms with Gasteiger partial charge in [0, 0.05) is 0 Å². The largest absolute Gasteiger partial charge is 0.468 e. The van der Waals surface area contributed by atoms with Crippen LogP contribution < -0.4 is 5.19 Å². The van der Waals surface area contributed by atoms with E-state index in [4.69, 9.17) is 0 Å². The molecule has 1 aromatic carbocycles. The molecule has 3 heteroatoms. The molecular formula is C9H12O2Si. The van der Waals surface area contributed by atoms with Crippen LogP contribution in [-0.4, -0.2) is 22.6 Å². The van der Waals surface area contributed by atoms with Gasteiger partial charge in [-0.2, -0.15) is 0 Å². The molecule has 0 atom stereocenters. The van der Waals surface area contributed by atoms with Crippen molar-refractivity contribution < 1.29 is 9.53 Å². The van der Waals surface area contributed by atoms with Crippen molar-refractivity contribution in [3.05, 3.63) is 30.3 Å². The number of benzene rings is 1. The summed E-state index contributed by atoms with van der Waals surface area (Å²) in [6.07, 6.45) is 0. The van der Waals surface area contributed by atoms with Crippen molar-refractivity contribution in [1.82, 2.24) is 0 Å². The minimum atomic E-state index is -0.216. The lowest BCUT2D eigenvalue weighted by atomic mass is 10.4. The van der Waals surface area contributed by atoms with Gasteiger partial charge in [-0.1, -0.05) is 35.5 Å². The molecule has 0 saturated carbocycles. The summed E-state index contributed by atoms with van der Waals surface area (Å²) in [4.78, 5) is 9.81. The normalized spacial score (nSPS) is 10.3. The predicted octanol–water partition coefficient (Wildman–Crippen LogP) is 0.0720. The summed E-state index contributed by atoms with van der Waals surface area (Å²) in [7, 11) is -0.216. The van der Waals surface area contributed by atoms with Crippen LogP contribution in [0.4, 0.5) is 0 Å². The molecule has 0 saturated heterocycles. The molecule has 1 rings (SSSR count). The first-order chi connectivity index (χ1) is 5.93. The van der Waals surface area contributed by atoms with Gasteiger partial charge in [-0.25, -0.2) is 0 Å². The molecule has 0 heterocycles. The molecule has 12 heavy (non-hydrogen) atoms. The van der Waals surface area contributed by atoms with Crippen LogP contribution in [-0.2, 0) is 9.53 Å². The molecule has 0 radical (unpaired) electrons. The molecule has 0 fully saturated rings. The number of hydrogen-bond donors (Lipinski definition) is 0. The molecule has 2 nitrogen and oxygen atoms in total. The molecule has 0 amide bonds. The molecule has 1 aromatic rings. The van der Waals surface area contributed by atoms with Crippen LogP contribution in [0.25, 0.3) is 0 Å². The smallest absolute Gasteiger partial charge is 0.293 e. The maximum Gasteiger partial charge on any atom is 0.293 e. The van der Waals surface area contributed by atoms with E-state index in [0.29, 0.717) is 13.1 Å². The molecule has 0 aromatic heterocycles. The molecule has 0 aliphatic carbocycles. The third kappa shape index (κ3) is 3.34. The monoisotopic (exact) mass is 180 g/mol. The Hall–Kier alpha value is -1.09. The lowest BCUT2D eigenvalue weighted by Gasteiger charge is -1.98. The molecule has 0 spiro atoms. The zero-order valence-electron chi connectivity index (χ0n) is 6.90. The highest BCUT2D eigenvalue weighted by atomic mass is 28.2. The molecule has 0 N–H and O–H groups in total. The Bertz CT molecular complexity index is 223. The Balaban J connectivity index is 2.20. The van der Waals surface area contributed by atoms with Crippen LogP contribution in [0.2, 0.25) is 6.04 Å². The first kappa shape index (κ1) is 9.00. The molecule has 0 aliphatic heterocycles. The summed E-state index contributed by atoms with van der Waals surface area (Å²) < 4.78 is 4.61. The minimum Gasteiger partial charge on any atom is -0.468 e. The molecule has 0 aliphatic rings. The number of carbonyl (C=O) groups excluding carboxylic acids is 1. The average Bonchev–Trinajstić information content (AvgIpc) is 2.14. The second-order valence-corrected chi connectivity index (χ2v) is 4.58. The van der Waals surface area contributed by atoms with E-state index in [9.17, 15) is 4.79 Å². The second-order valence-electron chi connectivity index (χ2n) is 2.56. The maximum atomic E-state index is 9.81. The summed E-state index contributed by atoms with van der Waals surface area (Å²) in [5, 5.41) is 1.42. The van der Waals surface area contributed by atoms with Gasteiger partial charge in [0.15, 0.2) is 0 Å². The molecule has 0 bridgehead atoms. The van der Waals surface area contributed by atoms with Crippen molar-refractivity contribution in [3.8, 4) is 0 Å². The van der Waals surface area contributed by atoms with Crippen LogP contribution in [0.15, 0.2) is 30.3 Å². The SMILES string of the molecule is O=COCC[SiH2]c1ccccc1. The van der Waals surface area contributed by atoms with Gasteiger partial charge < -0.3 is 4.74 Å². The van der Waals surface area contributed by atoms with E-state index in [2.05, 4.69) is 16.9 Å². The zero-order chi connectivity index (χ0) is 8.65. The van der Waals surface area contributed by atoms with E-state index in [0.717, 1.165) is 6.04 Å². The Morgan fingerprint density at radius 3 is 2.75 bits per heavy atom. The Labute approximate surface area is 74.4 Å². The zero-order valence-corrected chi connectivity index (χ0v) is 8.32. The molecular weight excluding hydrogens is 168 g/mol. The quantitative estimate of drug-likeness (QED) is 0.364. The highest BCUT2D eigenvalue weighted by Crippen LogP contribution is 1.85. The third-order valence-corrected chi connectivity index (χ3v) is 3.33. The summed E-state index contributed by atoms with van der Waals surface area (Å²) >= 11 is 0. The van der Waals surface area contributed by atoms with Gasteiger partial charge in [0.2, 0.25) is 0 Å². The molecule has 0 unspecified atom stereocenters. The Kier molecular flexibility index (Phi) is 4.16. The summed E-state index contributed by atoms with van der Waals surface area (Å²) in [6.45, 7) is 1.09. The van der Waals surface area contributed by atoms with Crippen molar-refractivity contribution >= 4 is 21.2 Å². The number of carbonyl (C=O) groups is 1. The lowest BCUT2D eigenvalue weighted by molar-refractivity contribution is -0.128. The van der Waals surface area contributed by atoms with Crippen LogP contribution >= 0.6 is 0 Å². The predicted molar refractivity (Wildman–Crippen MR) is 51.4 cm³/mol. The van der Waals surface area contributed by atoms with Crippen molar-refractivity contribution in [2.75, 3.05) is 6.61 Å². The van der Waals surface area contributed by atoms with Crippen molar-refractivity contribution in [2.24, 2.45) is 0 Å². The van der Waals surface area contributed by atoms with Gasteiger partial charge in [-0.05, 0) is 6.04 Å². The fourth-order valence-electron chi connectivity index (χ4n) is 1.05. The van der Waals surface area contributed by atoms with Gasteiger partial charge in [0.05, 0.1) is 16.1 Å². The van der Waals surface area contributed by atoms with Crippen molar-refractivity contribution in [2.45, 2.75) is 6.04 Å². The first-order valence-corrected chi connectivity index (χ1v) is 5.73. The lowest BCUT2D eigenvalue weighted by Crippen LogP contribution is -2.14. The highest BCUT2D eigenvalue weighted by molar-refractivity contribution is 6.53. The van der Waals surface area contributed by atoms with E-state index in [1.165, 1.54) is 5.19 Å². The van der Waals surface area contributed by atoms with Crippen molar-refractivity contribution in [1.29, 1.82) is 0 Å². The van der Waals surface area contributed by atoms with Crippen LogP contribution in [0, 0.1) is 0 Å². The van der Waals surface area contributed by atoms with E-state index < -0.39 is 0 Å². The second kappa shape index (κ2) is 5.54. The minimum absolute atomic E-state index is 0.216. The van der Waals surface area contributed by atoms with E-state index in [1.54, 1.807) is 0 Å². The van der Waals surface area contributed by atoms with Gasteiger partial charge in [0.25, 0.3) is 6.47 Å². The van der Waals surface area contributed by atoms with E-state index in [1.807, 2.05) is 18.2 Å². The Morgan fingerprint density at radius 2 is 2.08 bits per heavy atom. The van der Waals surface area contributed by atoms with E-state index >= 15 is 0 Å². The number of hydrogen-bond acceptors (Lipinski definition) is 2. The third-order valence-electron chi connectivity index (χ3n) is 1.64. The first-order valence-electron chi connectivity index (χ1n) is 4.02. The van der Waals surface area contributed by atoms with Crippen LogP contribution in [0.1, 0.15) is 0 Å². The van der Waals surface area contributed by atoms with Gasteiger partial charge in [0.1, 0.15) is 0 Å². The summed E-state index contributed by atoms with van der Waals surface area (Å²) in [6, 6.07) is 11.4. The average molecular weight is 180 g/mol. The fraction of sp³-hybridized carbons (Fsp3) is 0.222. The topological polar surface area (TPSA) is 26.3 Å². The number of ether oxygens (including phenoxy) is 1. The van der Waals surface area contributed by atoms with Crippen LogP contribution in [0.3, 0.4) is 0 Å². The van der Waals surface area contributed by atoms with Crippen LogP contribution in [0.5, 0.6) is 0 Å². The summed E-state index contributed by atoms with van der Waals surface area (Å²) in [5.74, 6) is 0. The van der Waals surface area contributed by atoms with E-state index in [-0.39, 0.29) is 9.52 Å². The standard InChI is InChI=1S/C9H12O2Si/c10-8-11-6-7-12-9-4-2-1-3-5-9/h1-5,8H,6-7,12H2. The van der Waals surface area contributed by atoms with Gasteiger partial charge in [-0.15, -0.1) is 0 Å². The van der Waals surface area contributed by atoms with Gasteiger partial charge >= 0.3 is 0 Å². The molecule has 64 valence electrons.